The molecular weight excluding hydrogens is 250 g/mol. The summed E-state index contributed by atoms with van der Waals surface area (Å²) in [5, 5.41) is 15.0. The van der Waals surface area contributed by atoms with Crippen molar-refractivity contribution in [3.63, 3.8) is 0 Å². The molecule has 0 aromatic carbocycles. The highest BCUT2D eigenvalue weighted by Gasteiger charge is 2.14. The van der Waals surface area contributed by atoms with Gasteiger partial charge in [-0.25, -0.2) is 0 Å². The van der Waals surface area contributed by atoms with Crippen molar-refractivity contribution in [2.45, 2.75) is 39.5 Å². The van der Waals surface area contributed by atoms with Crippen LogP contribution in [0, 0.1) is 5.92 Å². The van der Waals surface area contributed by atoms with E-state index in [2.05, 4.69) is 15.5 Å². The summed E-state index contributed by atoms with van der Waals surface area (Å²) in [6, 6.07) is 0. The maximum absolute atomic E-state index is 11.5. The molecule has 1 aromatic rings. The van der Waals surface area contributed by atoms with Gasteiger partial charge in [-0.1, -0.05) is 25.9 Å². The van der Waals surface area contributed by atoms with Gasteiger partial charge < -0.3 is 14.9 Å². The Labute approximate surface area is 111 Å². The Morgan fingerprint density at radius 2 is 2.05 bits per heavy atom. The van der Waals surface area contributed by atoms with Crippen LogP contribution >= 0.6 is 0 Å². The zero-order valence-electron chi connectivity index (χ0n) is 11.3. The highest BCUT2D eigenvalue weighted by Crippen LogP contribution is 2.10. The number of aryl methyl sites for hydroxylation is 1. The molecule has 0 saturated carbocycles. The second-order valence-corrected chi connectivity index (χ2v) is 4.74. The lowest BCUT2D eigenvalue weighted by atomic mass is 10.2. The van der Waals surface area contributed by atoms with E-state index in [1.165, 1.54) is 6.92 Å². The average Bonchev–Trinajstić information content (AvgIpc) is 2.82. The Morgan fingerprint density at radius 1 is 1.37 bits per heavy atom. The van der Waals surface area contributed by atoms with Gasteiger partial charge in [-0.05, 0) is 0 Å². The number of carbonyl (C=O) groups is 2. The number of hydrogen-bond acceptors (Lipinski definition) is 5. The third kappa shape index (κ3) is 5.07. The molecular formula is C12H19N3O4. The minimum Gasteiger partial charge on any atom is -0.481 e. The fraction of sp³-hybridized carbons (Fsp3) is 0.667. The molecule has 2 N–H and O–H groups in total. The quantitative estimate of drug-likeness (QED) is 0.763. The first-order valence-corrected chi connectivity index (χ1v) is 6.22. The largest absolute Gasteiger partial charge is 0.481 e. The molecule has 1 heterocycles. The monoisotopic (exact) mass is 269 g/mol. The predicted molar refractivity (Wildman–Crippen MR) is 66.5 cm³/mol. The van der Waals surface area contributed by atoms with Gasteiger partial charge in [-0.2, -0.15) is 4.98 Å². The summed E-state index contributed by atoms with van der Waals surface area (Å²) in [4.78, 5) is 26.2. The van der Waals surface area contributed by atoms with Crippen LogP contribution in [-0.2, 0) is 16.0 Å². The first-order valence-electron chi connectivity index (χ1n) is 6.22. The fourth-order valence-electron chi connectivity index (χ4n) is 1.27. The molecule has 0 spiro atoms. The van der Waals surface area contributed by atoms with Crippen LogP contribution in [0.3, 0.4) is 0 Å². The number of carbonyl (C=O) groups excluding carboxylic acids is 1. The first kappa shape index (κ1) is 15.1. The molecule has 0 saturated heterocycles. The van der Waals surface area contributed by atoms with Gasteiger partial charge >= 0.3 is 5.97 Å². The van der Waals surface area contributed by atoms with Gasteiger partial charge in [0, 0.05) is 25.3 Å². The van der Waals surface area contributed by atoms with Crippen molar-refractivity contribution in [3.05, 3.63) is 11.7 Å². The summed E-state index contributed by atoms with van der Waals surface area (Å²) in [5.74, 6) is -0.529. The van der Waals surface area contributed by atoms with Gasteiger partial charge in [0.1, 0.15) is 0 Å². The molecule has 7 nitrogen and oxygen atoms in total. The third-order valence-electron chi connectivity index (χ3n) is 2.59. The van der Waals surface area contributed by atoms with E-state index in [1.807, 2.05) is 13.8 Å². The van der Waals surface area contributed by atoms with Crippen LogP contribution in [0.15, 0.2) is 4.52 Å². The summed E-state index contributed by atoms with van der Waals surface area (Å²) < 4.78 is 5.00. The van der Waals surface area contributed by atoms with Crippen LogP contribution in [0.5, 0.6) is 0 Å². The van der Waals surface area contributed by atoms with E-state index in [4.69, 9.17) is 9.63 Å². The maximum atomic E-state index is 11.5. The molecule has 0 radical (unpaired) electrons. The highest BCUT2D eigenvalue weighted by atomic mass is 16.5. The molecule has 0 aliphatic carbocycles. The van der Waals surface area contributed by atoms with E-state index in [0.717, 1.165) is 0 Å². The van der Waals surface area contributed by atoms with E-state index < -0.39 is 11.9 Å². The zero-order valence-corrected chi connectivity index (χ0v) is 11.3. The van der Waals surface area contributed by atoms with Gasteiger partial charge in [0.05, 0.1) is 5.92 Å². The second kappa shape index (κ2) is 6.86. The Kier molecular flexibility index (Phi) is 5.47. The van der Waals surface area contributed by atoms with E-state index in [9.17, 15) is 9.59 Å². The first-order chi connectivity index (χ1) is 8.90. The van der Waals surface area contributed by atoms with E-state index >= 15 is 0 Å². The number of carboxylic acid groups (broad SMARTS) is 1. The van der Waals surface area contributed by atoms with Crippen molar-refractivity contribution >= 4 is 11.9 Å². The van der Waals surface area contributed by atoms with Gasteiger partial charge in [0.15, 0.2) is 5.82 Å². The minimum atomic E-state index is -0.932. The van der Waals surface area contributed by atoms with Crippen molar-refractivity contribution in [1.82, 2.24) is 15.5 Å². The van der Waals surface area contributed by atoms with Gasteiger partial charge in [-0.15, -0.1) is 0 Å². The summed E-state index contributed by atoms with van der Waals surface area (Å²) in [7, 11) is 0. The highest BCUT2D eigenvalue weighted by molar-refractivity contribution is 5.77. The van der Waals surface area contributed by atoms with Crippen LogP contribution in [0.2, 0.25) is 0 Å². The standard InChI is InChI=1S/C12H19N3O4/c1-7(2)11-14-10(19-15-11)5-4-9(16)13-6-8(3)12(17)18/h7-8H,4-6H2,1-3H3,(H,13,16)(H,17,18)/t8-/m0/s1. The molecule has 1 atom stereocenters. The number of nitrogens with zero attached hydrogens (tertiary/aromatic N) is 2. The Hall–Kier alpha value is -1.92. The van der Waals surface area contributed by atoms with Crippen molar-refractivity contribution in [2.75, 3.05) is 6.54 Å². The fourth-order valence-corrected chi connectivity index (χ4v) is 1.27. The maximum Gasteiger partial charge on any atom is 0.308 e. The smallest absolute Gasteiger partial charge is 0.308 e. The van der Waals surface area contributed by atoms with Crippen LogP contribution in [0.1, 0.15) is 44.8 Å². The molecule has 1 amide bonds. The van der Waals surface area contributed by atoms with Crippen LogP contribution in [-0.4, -0.2) is 33.7 Å². The number of amides is 1. The van der Waals surface area contributed by atoms with Crippen molar-refractivity contribution < 1.29 is 19.2 Å². The molecule has 0 aliphatic heterocycles. The number of hydrogen-bond donors (Lipinski definition) is 2. The summed E-state index contributed by atoms with van der Waals surface area (Å²) in [6.07, 6.45) is 0.555. The third-order valence-corrected chi connectivity index (χ3v) is 2.59. The summed E-state index contributed by atoms with van der Waals surface area (Å²) in [5.41, 5.74) is 0. The Balaban J connectivity index is 2.31. The lowest BCUT2D eigenvalue weighted by Crippen LogP contribution is -2.31. The molecule has 106 valence electrons. The summed E-state index contributed by atoms with van der Waals surface area (Å²) in [6.45, 7) is 5.56. The van der Waals surface area contributed by atoms with E-state index in [1.54, 1.807) is 0 Å². The predicted octanol–water partition coefficient (Wildman–Crippen LogP) is 0.963. The van der Waals surface area contributed by atoms with E-state index in [0.29, 0.717) is 18.1 Å². The Morgan fingerprint density at radius 3 is 2.58 bits per heavy atom. The zero-order chi connectivity index (χ0) is 14.4. The normalized spacial score (nSPS) is 12.4. The molecule has 7 heteroatoms. The minimum absolute atomic E-state index is 0.120. The number of nitrogens with one attached hydrogen (secondary N) is 1. The van der Waals surface area contributed by atoms with Crippen molar-refractivity contribution in [3.8, 4) is 0 Å². The lowest BCUT2D eigenvalue weighted by Gasteiger charge is -2.07. The molecule has 1 aromatic heterocycles. The van der Waals surface area contributed by atoms with Gasteiger partial charge in [0.2, 0.25) is 11.8 Å². The number of carboxylic acids is 1. The van der Waals surface area contributed by atoms with Crippen LogP contribution < -0.4 is 5.32 Å². The van der Waals surface area contributed by atoms with Crippen molar-refractivity contribution in [2.24, 2.45) is 5.92 Å². The molecule has 19 heavy (non-hydrogen) atoms. The molecule has 0 unspecified atom stereocenters. The SMILES string of the molecule is CC(C)c1noc(CCC(=O)NC[C@H](C)C(=O)O)n1. The van der Waals surface area contributed by atoms with Crippen LogP contribution in [0.4, 0.5) is 0 Å². The number of aromatic nitrogens is 2. The topological polar surface area (TPSA) is 105 Å². The number of rotatable bonds is 7. The van der Waals surface area contributed by atoms with E-state index in [-0.39, 0.29) is 24.8 Å². The molecule has 0 aliphatic rings. The molecule has 1 rings (SSSR count). The molecule has 0 fully saturated rings. The lowest BCUT2D eigenvalue weighted by molar-refractivity contribution is -0.141. The van der Waals surface area contributed by atoms with Crippen molar-refractivity contribution in [1.29, 1.82) is 0 Å². The molecule has 0 bridgehead atoms. The second-order valence-electron chi connectivity index (χ2n) is 4.74. The van der Waals surface area contributed by atoms with Gasteiger partial charge in [-0.3, -0.25) is 9.59 Å². The number of aliphatic carboxylic acids is 1. The average molecular weight is 269 g/mol. The van der Waals surface area contributed by atoms with Crippen LogP contribution in [0.25, 0.3) is 0 Å². The summed E-state index contributed by atoms with van der Waals surface area (Å²) >= 11 is 0. The van der Waals surface area contributed by atoms with Gasteiger partial charge in [0.25, 0.3) is 0 Å². The Bertz CT molecular complexity index is 442.